The number of rotatable bonds is 5. The van der Waals surface area contributed by atoms with Gasteiger partial charge in [0.05, 0.1) is 6.10 Å². The summed E-state index contributed by atoms with van der Waals surface area (Å²) < 4.78 is 40.9. The van der Waals surface area contributed by atoms with Gasteiger partial charge in [-0.2, -0.15) is 13.2 Å². The molecule has 0 aliphatic carbocycles. The molecule has 0 bridgehead atoms. The van der Waals surface area contributed by atoms with Gasteiger partial charge in [-0.25, -0.2) is 0 Å². The van der Waals surface area contributed by atoms with Crippen LogP contribution in [-0.2, 0) is 9.53 Å². The zero-order valence-corrected chi connectivity index (χ0v) is 9.48. The van der Waals surface area contributed by atoms with Crippen LogP contribution in [0.15, 0.2) is 0 Å². The molecule has 1 aliphatic heterocycles. The number of hydrogen-bond donors (Lipinski definition) is 2. The molecule has 0 spiro atoms. The Balaban J connectivity index is 1.99. The highest BCUT2D eigenvalue weighted by Gasteiger charge is 2.38. The normalized spacial score (nSPS) is 18.1. The van der Waals surface area contributed by atoms with Crippen LogP contribution < -0.4 is 10.6 Å². The molecule has 1 aliphatic rings. The van der Waals surface area contributed by atoms with Gasteiger partial charge < -0.3 is 15.4 Å². The van der Waals surface area contributed by atoms with Crippen LogP contribution in [0.25, 0.3) is 0 Å². The van der Waals surface area contributed by atoms with Gasteiger partial charge in [0.15, 0.2) is 0 Å². The van der Waals surface area contributed by atoms with Crippen LogP contribution in [0.2, 0.25) is 0 Å². The summed E-state index contributed by atoms with van der Waals surface area (Å²) in [6.07, 6.45) is -2.36. The Labute approximate surface area is 97.9 Å². The average Bonchev–Trinajstić information content (AvgIpc) is 2.28. The maximum absolute atomic E-state index is 11.8. The van der Waals surface area contributed by atoms with E-state index in [4.69, 9.17) is 4.74 Å². The molecule has 0 atom stereocenters. The molecule has 0 aromatic heterocycles. The van der Waals surface area contributed by atoms with Gasteiger partial charge in [-0.15, -0.1) is 0 Å². The summed E-state index contributed by atoms with van der Waals surface area (Å²) in [6.45, 7) is 2.19. The summed E-state index contributed by atoms with van der Waals surface area (Å²) >= 11 is 0. The lowest BCUT2D eigenvalue weighted by Gasteiger charge is -2.22. The highest BCUT2D eigenvalue weighted by Crippen LogP contribution is 2.13. The number of nitrogens with one attached hydrogen (secondary N) is 2. The van der Waals surface area contributed by atoms with Gasteiger partial charge in [0, 0.05) is 13.2 Å². The predicted octanol–water partition coefficient (Wildman–Crippen LogP) is 0.824. The van der Waals surface area contributed by atoms with Crippen LogP contribution in [-0.4, -0.2) is 44.4 Å². The highest BCUT2D eigenvalue weighted by molar-refractivity contribution is 5.81. The van der Waals surface area contributed by atoms with Crippen molar-refractivity contribution in [2.24, 2.45) is 0 Å². The minimum atomic E-state index is -4.80. The maximum Gasteiger partial charge on any atom is 0.471 e. The molecule has 2 N–H and O–H groups in total. The van der Waals surface area contributed by atoms with Gasteiger partial charge in [0.25, 0.3) is 0 Å². The summed E-state index contributed by atoms with van der Waals surface area (Å²) in [5.41, 5.74) is 0. The molecule has 1 heterocycles. The smallest absolute Gasteiger partial charge is 0.378 e. The molecular formula is C10H17F3N2O2. The van der Waals surface area contributed by atoms with E-state index in [0.29, 0.717) is 13.0 Å². The minimum absolute atomic E-state index is 0.0106. The lowest BCUT2D eigenvalue weighted by molar-refractivity contribution is -0.173. The molecular weight excluding hydrogens is 237 g/mol. The van der Waals surface area contributed by atoms with Crippen molar-refractivity contribution in [2.45, 2.75) is 31.5 Å². The van der Waals surface area contributed by atoms with Gasteiger partial charge >= 0.3 is 12.1 Å². The summed E-state index contributed by atoms with van der Waals surface area (Å²) in [6, 6.07) is 0. The van der Waals surface area contributed by atoms with Crippen molar-refractivity contribution < 1.29 is 22.7 Å². The predicted molar refractivity (Wildman–Crippen MR) is 55.5 cm³/mol. The second-order valence-corrected chi connectivity index (χ2v) is 3.93. The van der Waals surface area contributed by atoms with E-state index in [-0.39, 0.29) is 12.6 Å². The van der Waals surface area contributed by atoms with E-state index >= 15 is 0 Å². The Morgan fingerprint density at radius 1 is 1.35 bits per heavy atom. The standard InChI is InChI=1S/C10H17F3N2O2/c11-10(12,13)9(16)15-4-1-7-17-8-2-5-14-6-3-8/h8,14H,1-7H2,(H,15,16). The Morgan fingerprint density at radius 2 is 2.00 bits per heavy atom. The lowest BCUT2D eigenvalue weighted by Crippen LogP contribution is -2.37. The number of ether oxygens (including phenoxy) is 1. The van der Waals surface area contributed by atoms with E-state index < -0.39 is 12.1 Å². The van der Waals surface area contributed by atoms with Crippen molar-refractivity contribution in [1.29, 1.82) is 0 Å². The quantitative estimate of drug-likeness (QED) is 0.714. The molecule has 1 saturated heterocycles. The molecule has 17 heavy (non-hydrogen) atoms. The topological polar surface area (TPSA) is 50.4 Å². The summed E-state index contributed by atoms with van der Waals surface area (Å²) in [7, 11) is 0. The maximum atomic E-state index is 11.8. The summed E-state index contributed by atoms with van der Waals surface area (Å²) in [5.74, 6) is -1.89. The highest BCUT2D eigenvalue weighted by atomic mass is 19.4. The Hall–Kier alpha value is -0.820. The third-order valence-electron chi connectivity index (χ3n) is 2.50. The Bertz CT molecular complexity index is 240. The number of hydrogen-bond acceptors (Lipinski definition) is 3. The SMILES string of the molecule is O=C(NCCCOC1CCNCC1)C(F)(F)F. The Kier molecular flexibility index (Phi) is 5.70. The average molecular weight is 254 g/mol. The third kappa shape index (κ3) is 5.88. The van der Waals surface area contributed by atoms with Crippen LogP contribution in [0.5, 0.6) is 0 Å². The molecule has 0 unspecified atom stereocenters. The third-order valence-corrected chi connectivity index (χ3v) is 2.50. The monoisotopic (exact) mass is 254 g/mol. The van der Waals surface area contributed by atoms with Crippen LogP contribution in [0, 0.1) is 0 Å². The van der Waals surface area contributed by atoms with Crippen molar-refractivity contribution >= 4 is 5.91 Å². The molecule has 0 saturated carbocycles. The van der Waals surface area contributed by atoms with E-state index in [0.717, 1.165) is 25.9 Å². The molecule has 0 radical (unpaired) electrons. The van der Waals surface area contributed by atoms with Crippen LogP contribution >= 0.6 is 0 Å². The number of halogens is 3. The summed E-state index contributed by atoms with van der Waals surface area (Å²) in [4.78, 5) is 10.4. The van der Waals surface area contributed by atoms with Crippen LogP contribution in [0.3, 0.4) is 0 Å². The van der Waals surface area contributed by atoms with E-state index in [1.807, 2.05) is 0 Å². The second-order valence-electron chi connectivity index (χ2n) is 3.93. The van der Waals surface area contributed by atoms with E-state index in [1.54, 1.807) is 5.32 Å². The number of carbonyl (C=O) groups excluding carboxylic acids is 1. The van der Waals surface area contributed by atoms with Gasteiger partial charge in [0.2, 0.25) is 0 Å². The fourth-order valence-corrected chi connectivity index (χ4v) is 1.59. The fourth-order valence-electron chi connectivity index (χ4n) is 1.59. The first-order valence-electron chi connectivity index (χ1n) is 5.67. The van der Waals surface area contributed by atoms with Crippen molar-refractivity contribution in [1.82, 2.24) is 10.6 Å². The number of amides is 1. The zero-order chi connectivity index (χ0) is 12.7. The molecule has 1 amide bonds. The molecule has 100 valence electrons. The van der Waals surface area contributed by atoms with Gasteiger partial charge in [-0.3, -0.25) is 4.79 Å². The fraction of sp³-hybridized carbons (Fsp3) is 0.900. The van der Waals surface area contributed by atoms with E-state index in [9.17, 15) is 18.0 Å². The first-order chi connectivity index (χ1) is 8.00. The van der Waals surface area contributed by atoms with Gasteiger partial charge in [-0.1, -0.05) is 0 Å². The Morgan fingerprint density at radius 3 is 2.59 bits per heavy atom. The minimum Gasteiger partial charge on any atom is -0.378 e. The zero-order valence-electron chi connectivity index (χ0n) is 9.48. The van der Waals surface area contributed by atoms with Gasteiger partial charge in [0.1, 0.15) is 0 Å². The molecule has 7 heteroatoms. The molecule has 1 rings (SSSR count). The van der Waals surface area contributed by atoms with Crippen molar-refractivity contribution in [3.8, 4) is 0 Å². The molecule has 1 fully saturated rings. The number of carbonyl (C=O) groups is 1. The van der Waals surface area contributed by atoms with Crippen molar-refractivity contribution in [3.63, 3.8) is 0 Å². The van der Waals surface area contributed by atoms with E-state index in [2.05, 4.69) is 5.32 Å². The first-order valence-corrected chi connectivity index (χ1v) is 5.67. The van der Waals surface area contributed by atoms with Crippen LogP contribution in [0.4, 0.5) is 13.2 Å². The van der Waals surface area contributed by atoms with Crippen molar-refractivity contribution in [3.05, 3.63) is 0 Å². The van der Waals surface area contributed by atoms with Gasteiger partial charge in [-0.05, 0) is 32.4 Å². The van der Waals surface area contributed by atoms with Crippen LogP contribution in [0.1, 0.15) is 19.3 Å². The molecule has 4 nitrogen and oxygen atoms in total. The second kappa shape index (κ2) is 6.80. The molecule has 0 aromatic rings. The lowest BCUT2D eigenvalue weighted by atomic mass is 10.1. The molecule has 0 aromatic carbocycles. The summed E-state index contributed by atoms with van der Waals surface area (Å²) in [5, 5.41) is 4.99. The first kappa shape index (κ1) is 14.2. The number of alkyl halides is 3. The number of piperidine rings is 1. The van der Waals surface area contributed by atoms with E-state index in [1.165, 1.54) is 0 Å². The van der Waals surface area contributed by atoms with Crippen molar-refractivity contribution in [2.75, 3.05) is 26.2 Å². The largest absolute Gasteiger partial charge is 0.471 e.